The minimum atomic E-state index is -0.424. The van der Waals surface area contributed by atoms with E-state index < -0.39 is 5.54 Å². The van der Waals surface area contributed by atoms with Gasteiger partial charge in [-0.1, -0.05) is 12.7 Å². The van der Waals surface area contributed by atoms with Gasteiger partial charge >= 0.3 is 0 Å². The normalized spacial score (nSPS) is 20.5. The lowest BCUT2D eigenvalue weighted by molar-refractivity contribution is 0.376. The largest absolute Gasteiger partial charge is 0.471 e. The third-order valence-corrected chi connectivity index (χ3v) is 3.63. The van der Waals surface area contributed by atoms with Crippen molar-refractivity contribution in [3.63, 3.8) is 0 Å². The monoisotopic (exact) mass is 305 g/mol. The summed E-state index contributed by atoms with van der Waals surface area (Å²) in [5, 5.41) is 0. The van der Waals surface area contributed by atoms with Crippen LogP contribution in [0.4, 0.5) is 0 Å². The van der Waals surface area contributed by atoms with Crippen molar-refractivity contribution >= 4 is 38.1 Å². The lowest BCUT2D eigenvalue weighted by atomic mass is 10.0. The molecular formula is C9H9Br2NO. The number of aliphatic imine (C=N–C) groups is 1. The molecule has 1 heterocycles. The molecule has 0 bridgehead atoms. The van der Waals surface area contributed by atoms with Crippen molar-refractivity contribution in [3.8, 4) is 0 Å². The fraction of sp³-hybridized carbons (Fsp3) is 0.222. The zero-order valence-corrected chi connectivity index (χ0v) is 10.3. The third-order valence-electron chi connectivity index (χ3n) is 1.71. The number of nitrogens with zero attached hydrogens (tertiary/aromatic N) is 1. The Morgan fingerprint density at radius 2 is 2.00 bits per heavy atom. The van der Waals surface area contributed by atoms with Gasteiger partial charge < -0.3 is 4.74 Å². The molecule has 1 rings (SSSR count). The molecule has 0 spiro atoms. The summed E-state index contributed by atoms with van der Waals surface area (Å²) >= 11 is 6.80. The van der Waals surface area contributed by atoms with Gasteiger partial charge in [-0.3, -0.25) is 4.99 Å². The highest BCUT2D eigenvalue weighted by Gasteiger charge is 2.32. The maximum absolute atomic E-state index is 5.05. The second kappa shape index (κ2) is 4.24. The van der Waals surface area contributed by atoms with E-state index in [0.29, 0.717) is 0 Å². The molecule has 0 fully saturated rings. The summed E-state index contributed by atoms with van der Waals surface area (Å²) in [6.45, 7) is 5.55. The van der Waals surface area contributed by atoms with Crippen molar-refractivity contribution in [2.24, 2.45) is 4.99 Å². The smallest absolute Gasteiger partial charge is 0.127 e. The Bertz CT molecular complexity index is 287. The SMILES string of the molecule is C=C/C=N\C1(C)C(Br)=COC=C1Br. The van der Waals surface area contributed by atoms with Crippen molar-refractivity contribution < 1.29 is 4.74 Å². The molecule has 0 radical (unpaired) electrons. The molecule has 0 aromatic heterocycles. The lowest BCUT2D eigenvalue weighted by Crippen LogP contribution is -2.25. The molecule has 0 atom stereocenters. The van der Waals surface area contributed by atoms with E-state index >= 15 is 0 Å². The van der Waals surface area contributed by atoms with E-state index in [1.54, 1.807) is 24.8 Å². The van der Waals surface area contributed by atoms with Crippen LogP contribution in [0.3, 0.4) is 0 Å². The van der Waals surface area contributed by atoms with E-state index in [1.165, 1.54) is 0 Å². The van der Waals surface area contributed by atoms with Crippen molar-refractivity contribution in [1.29, 1.82) is 0 Å². The van der Waals surface area contributed by atoms with E-state index in [-0.39, 0.29) is 0 Å². The van der Waals surface area contributed by atoms with Gasteiger partial charge in [0.15, 0.2) is 0 Å². The van der Waals surface area contributed by atoms with E-state index in [4.69, 9.17) is 4.74 Å². The van der Waals surface area contributed by atoms with Gasteiger partial charge in [0.2, 0.25) is 0 Å². The Morgan fingerprint density at radius 1 is 1.46 bits per heavy atom. The highest BCUT2D eigenvalue weighted by atomic mass is 79.9. The van der Waals surface area contributed by atoms with Crippen LogP contribution in [0.25, 0.3) is 0 Å². The first-order valence-corrected chi connectivity index (χ1v) is 5.24. The maximum atomic E-state index is 5.05. The Kier molecular flexibility index (Phi) is 3.50. The zero-order chi connectivity index (χ0) is 9.90. The topological polar surface area (TPSA) is 21.6 Å². The summed E-state index contributed by atoms with van der Waals surface area (Å²) in [4.78, 5) is 4.34. The van der Waals surface area contributed by atoms with Crippen LogP contribution in [-0.4, -0.2) is 11.8 Å². The Morgan fingerprint density at radius 3 is 2.46 bits per heavy atom. The summed E-state index contributed by atoms with van der Waals surface area (Å²) in [7, 11) is 0. The minimum absolute atomic E-state index is 0.424. The first-order valence-electron chi connectivity index (χ1n) is 3.65. The molecule has 0 unspecified atom stereocenters. The van der Waals surface area contributed by atoms with E-state index in [9.17, 15) is 0 Å². The summed E-state index contributed by atoms with van der Waals surface area (Å²) < 4.78 is 6.79. The average molecular weight is 307 g/mol. The van der Waals surface area contributed by atoms with Crippen LogP contribution in [0.2, 0.25) is 0 Å². The molecular weight excluding hydrogens is 298 g/mol. The maximum Gasteiger partial charge on any atom is 0.127 e. The summed E-state index contributed by atoms with van der Waals surface area (Å²) in [5.41, 5.74) is -0.424. The molecule has 1 aliphatic rings. The van der Waals surface area contributed by atoms with Gasteiger partial charge in [0.1, 0.15) is 18.1 Å². The van der Waals surface area contributed by atoms with Crippen LogP contribution in [0.1, 0.15) is 6.92 Å². The fourth-order valence-corrected chi connectivity index (χ4v) is 1.94. The summed E-state index contributed by atoms with van der Waals surface area (Å²) in [6.07, 6.45) is 6.53. The van der Waals surface area contributed by atoms with Gasteiger partial charge in [-0.05, 0) is 38.8 Å². The molecule has 13 heavy (non-hydrogen) atoms. The van der Waals surface area contributed by atoms with E-state index in [1.807, 2.05) is 6.92 Å². The minimum Gasteiger partial charge on any atom is -0.471 e. The Balaban J connectivity index is 3.02. The Labute approximate surface area is 94.3 Å². The van der Waals surface area contributed by atoms with Crippen molar-refractivity contribution in [2.45, 2.75) is 12.5 Å². The van der Waals surface area contributed by atoms with Crippen molar-refractivity contribution in [1.82, 2.24) is 0 Å². The first kappa shape index (κ1) is 10.7. The van der Waals surface area contributed by atoms with Crippen molar-refractivity contribution in [3.05, 3.63) is 34.1 Å². The molecule has 0 N–H and O–H groups in total. The fourth-order valence-electron chi connectivity index (χ4n) is 0.822. The summed E-state index contributed by atoms with van der Waals surface area (Å²) in [6, 6.07) is 0. The second-order valence-electron chi connectivity index (χ2n) is 2.65. The summed E-state index contributed by atoms with van der Waals surface area (Å²) in [5.74, 6) is 0. The van der Waals surface area contributed by atoms with Crippen LogP contribution in [0, 0.1) is 0 Å². The molecule has 2 nitrogen and oxygen atoms in total. The third kappa shape index (κ3) is 2.11. The van der Waals surface area contributed by atoms with E-state index in [2.05, 4.69) is 43.4 Å². The standard InChI is InChI=1S/C9H9Br2NO/c1-3-4-12-9(2)7(10)5-13-6-8(9)11/h3-6H,1H2,2H3/b12-4-. The molecule has 0 aromatic rings. The predicted octanol–water partition coefficient (Wildman–Crippen LogP) is 3.50. The lowest BCUT2D eigenvalue weighted by Gasteiger charge is -2.26. The molecule has 0 aromatic carbocycles. The second-order valence-corrected chi connectivity index (χ2v) is 4.36. The average Bonchev–Trinajstić information content (AvgIpc) is 2.11. The highest BCUT2D eigenvalue weighted by molar-refractivity contribution is 9.12. The number of ether oxygens (including phenoxy) is 1. The van der Waals surface area contributed by atoms with Gasteiger partial charge in [0.05, 0.1) is 8.96 Å². The van der Waals surface area contributed by atoms with Crippen LogP contribution < -0.4 is 0 Å². The zero-order valence-electron chi connectivity index (χ0n) is 7.13. The number of hydrogen-bond acceptors (Lipinski definition) is 2. The van der Waals surface area contributed by atoms with Crippen LogP contribution in [0.5, 0.6) is 0 Å². The number of allylic oxidation sites excluding steroid dienone is 1. The van der Waals surface area contributed by atoms with Gasteiger partial charge in [0, 0.05) is 6.21 Å². The van der Waals surface area contributed by atoms with Gasteiger partial charge in [-0.25, -0.2) is 0 Å². The molecule has 0 aliphatic carbocycles. The van der Waals surface area contributed by atoms with Crippen molar-refractivity contribution in [2.75, 3.05) is 0 Å². The molecule has 0 amide bonds. The number of hydrogen-bond donors (Lipinski definition) is 0. The molecule has 4 heteroatoms. The predicted molar refractivity (Wildman–Crippen MR) is 62.2 cm³/mol. The Hall–Kier alpha value is -0.350. The van der Waals surface area contributed by atoms with Crippen LogP contribution >= 0.6 is 31.9 Å². The van der Waals surface area contributed by atoms with Gasteiger partial charge in [-0.2, -0.15) is 0 Å². The van der Waals surface area contributed by atoms with Crippen LogP contribution in [-0.2, 0) is 4.74 Å². The molecule has 1 aliphatic heterocycles. The van der Waals surface area contributed by atoms with Gasteiger partial charge in [0.25, 0.3) is 0 Å². The highest BCUT2D eigenvalue weighted by Crippen LogP contribution is 2.39. The molecule has 70 valence electrons. The first-order chi connectivity index (χ1) is 6.11. The van der Waals surface area contributed by atoms with Crippen LogP contribution in [0.15, 0.2) is 39.1 Å². The van der Waals surface area contributed by atoms with E-state index in [0.717, 1.165) is 8.96 Å². The molecule has 0 saturated heterocycles. The number of halogens is 2. The molecule has 0 saturated carbocycles. The quantitative estimate of drug-likeness (QED) is 0.716. The number of rotatable bonds is 2. The van der Waals surface area contributed by atoms with Gasteiger partial charge in [-0.15, -0.1) is 0 Å².